The molecule has 8 nitrogen and oxygen atoms in total. The number of aromatic amines is 1. The molecular weight excluding hydrogens is 258 g/mol. The highest BCUT2D eigenvalue weighted by atomic mass is 16.1. The maximum absolute atomic E-state index is 11.8. The Morgan fingerprint density at radius 1 is 1.45 bits per heavy atom. The van der Waals surface area contributed by atoms with Gasteiger partial charge < -0.3 is 11.1 Å². The second-order valence-corrected chi connectivity index (χ2v) is 4.69. The van der Waals surface area contributed by atoms with Gasteiger partial charge in [-0.2, -0.15) is 10.1 Å². The van der Waals surface area contributed by atoms with Crippen LogP contribution in [-0.4, -0.2) is 30.9 Å². The minimum atomic E-state index is -0.0392. The van der Waals surface area contributed by atoms with Crippen molar-refractivity contribution in [1.82, 2.24) is 30.3 Å². The molecule has 0 aliphatic carbocycles. The normalized spacial score (nSPS) is 10.8. The van der Waals surface area contributed by atoms with Gasteiger partial charge in [0.2, 0.25) is 11.9 Å². The zero-order valence-electron chi connectivity index (χ0n) is 11.9. The largest absolute Gasteiger partial charge is 0.367 e. The Bertz CT molecular complexity index is 613. The predicted molar refractivity (Wildman–Crippen MR) is 73.6 cm³/mol. The van der Waals surface area contributed by atoms with Gasteiger partial charge in [-0.15, -0.1) is 5.10 Å². The van der Waals surface area contributed by atoms with Crippen LogP contribution in [0.3, 0.4) is 0 Å². The van der Waals surface area contributed by atoms with Crippen molar-refractivity contribution < 1.29 is 4.79 Å². The lowest BCUT2D eigenvalue weighted by Gasteiger charge is -2.04. The Kier molecular flexibility index (Phi) is 4.02. The molecule has 0 aliphatic rings. The summed E-state index contributed by atoms with van der Waals surface area (Å²) in [6, 6.07) is 0. The number of nitrogens with two attached hydrogens (primary N) is 1. The number of nitrogens with one attached hydrogen (secondary N) is 2. The highest BCUT2D eigenvalue weighted by molar-refractivity contribution is 5.76. The molecule has 2 aromatic heterocycles. The average molecular weight is 277 g/mol. The van der Waals surface area contributed by atoms with Crippen LogP contribution in [0.5, 0.6) is 0 Å². The summed E-state index contributed by atoms with van der Waals surface area (Å²) in [6.45, 7) is 4.26. The summed E-state index contributed by atoms with van der Waals surface area (Å²) in [5, 5.41) is 13.4. The molecule has 4 N–H and O–H groups in total. The van der Waals surface area contributed by atoms with Crippen molar-refractivity contribution in [2.24, 2.45) is 7.05 Å². The third-order valence-corrected chi connectivity index (χ3v) is 3.26. The molecule has 1 amide bonds. The summed E-state index contributed by atoms with van der Waals surface area (Å²) in [4.78, 5) is 15.7. The second-order valence-electron chi connectivity index (χ2n) is 4.69. The Balaban J connectivity index is 1.83. The highest BCUT2D eigenvalue weighted by Gasteiger charge is 2.11. The van der Waals surface area contributed by atoms with Gasteiger partial charge in [0, 0.05) is 19.2 Å². The number of carbonyl (C=O) groups is 1. The Morgan fingerprint density at radius 2 is 2.20 bits per heavy atom. The quantitative estimate of drug-likeness (QED) is 0.711. The number of anilines is 1. The first-order chi connectivity index (χ1) is 9.47. The fourth-order valence-electron chi connectivity index (χ4n) is 2.08. The second kappa shape index (κ2) is 5.72. The number of hydrogen-bond donors (Lipinski definition) is 3. The van der Waals surface area contributed by atoms with Crippen LogP contribution in [0.4, 0.5) is 5.95 Å². The van der Waals surface area contributed by atoms with Gasteiger partial charge in [-0.25, -0.2) is 0 Å². The molecule has 0 unspecified atom stereocenters. The standard InChI is InChI=1S/C12H19N7O/c1-7-9(8(2)19(3)18-7)4-5-11(20)14-6-10-15-12(13)17-16-10/h4-6H2,1-3H3,(H,14,20)(H3,13,15,16,17). The van der Waals surface area contributed by atoms with Crippen LogP contribution in [0.25, 0.3) is 0 Å². The van der Waals surface area contributed by atoms with E-state index in [9.17, 15) is 4.79 Å². The van der Waals surface area contributed by atoms with Crippen molar-refractivity contribution >= 4 is 11.9 Å². The number of carbonyl (C=O) groups excluding carboxylic acids is 1. The van der Waals surface area contributed by atoms with E-state index in [-0.39, 0.29) is 11.9 Å². The maximum atomic E-state index is 11.8. The molecule has 8 heteroatoms. The molecule has 0 radical (unpaired) electrons. The van der Waals surface area contributed by atoms with Gasteiger partial charge in [-0.1, -0.05) is 0 Å². The smallest absolute Gasteiger partial charge is 0.239 e. The lowest BCUT2D eigenvalue weighted by atomic mass is 10.1. The topological polar surface area (TPSA) is 115 Å². The number of H-pyrrole nitrogens is 1. The summed E-state index contributed by atoms with van der Waals surface area (Å²) in [7, 11) is 1.90. The number of hydrogen-bond acceptors (Lipinski definition) is 5. The molecule has 0 spiro atoms. The fraction of sp³-hybridized carbons (Fsp3) is 0.500. The van der Waals surface area contributed by atoms with E-state index in [1.807, 2.05) is 25.6 Å². The van der Waals surface area contributed by atoms with Crippen LogP contribution < -0.4 is 11.1 Å². The lowest BCUT2D eigenvalue weighted by Crippen LogP contribution is -2.23. The third kappa shape index (κ3) is 3.14. The van der Waals surface area contributed by atoms with Gasteiger partial charge in [0.05, 0.1) is 12.2 Å². The Labute approximate surface area is 116 Å². The zero-order valence-corrected chi connectivity index (χ0v) is 11.9. The summed E-state index contributed by atoms with van der Waals surface area (Å²) >= 11 is 0. The molecule has 2 aromatic rings. The van der Waals surface area contributed by atoms with E-state index in [2.05, 4.69) is 25.6 Å². The fourth-order valence-corrected chi connectivity index (χ4v) is 2.08. The minimum Gasteiger partial charge on any atom is -0.367 e. The van der Waals surface area contributed by atoms with Gasteiger partial charge >= 0.3 is 0 Å². The summed E-state index contributed by atoms with van der Waals surface area (Å²) in [5.41, 5.74) is 8.58. The summed E-state index contributed by atoms with van der Waals surface area (Å²) < 4.78 is 1.83. The number of nitrogens with zero attached hydrogens (tertiary/aromatic N) is 4. The Morgan fingerprint density at radius 3 is 2.75 bits per heavy atom. The number of aryl methyl sites for hydroxylation is 2. The molecule has 108 valence electrons. The molecular formula is C12H19N7O. The third-order valence-electron chi connectivity index (χ3n) is 3.26. The minimum absolute atomic E-state index is 0.0392. The lowest BCUT2D eigenvalue weighted by molar-refractivity contribution is -0.121. The first-order valence-corrected chi connectivity index (χ1v) is 6.40. The van der Waals surface area contributed by atoms with Crippen LogP contribution >= 0.6 is 0 Å². The van der Waals surface area contributed by atoms with Crippen molar-refractivity contribution in [1.29, 1.82) is 0 Å². The number of aromatic nitrogens is 5. The van der Waals surface area contributed by atoms with Gasteiger partial charge in [0.25, 0.3) is 0 Å². The first-order valence-electron chi connectivity index (χ1n) is 6.40. The molecule has 0 aromatic carbocycles. The molecule has 0 saturated carbocycles. The maximum Gasteiger partial charge on any atom is 0.239 e. The van der Waals surface area contributed by atoms with Crippen molar-refractivity contribution in [2.75, 3.05) is 5.73 Å². The molecule has 0 aliphatic heterocycles. The van der Waals surface area contributed by atoms with E-state index >= 15 is 0 Å². The van der Waals surface area contributed by atoms with Crippen LogP contribution in [-0.2, 0) is 24.8 Å². The molecule has 0 atom stereocenters. The van der Waals surface area contributed by atoms with Crippen molar-refractivity contribution in [2.45, 2.75) is 33.2 Å². The van der Waals surface area contributed by atoms with Gasteiger partial charge in [-0.3, -0.25) is 14.6 Å². The SMILES string of the molecule is Cc1nn(C)c(C)c1CCC(=O)NCc1nc(N)n[nH]1. The van der Waals surface area contributed by atoms with E-state index in [0.29, 0.717) is 25.2 Å². The monoisotopic (exact) mass is 277 g/mol. The van der Waals surface area contributed by atoms with E-state index in [1.54, 1.807) is 0 Å². The van der Waals surface area contributed by atoms with Crippen LogP contribution in [0.2, 0.25) is 0 Å². The number of rotatable bonds is 5. The van der Waals surface area contributed by atoms with Gasteiger partial charge in [0.1, 0.15) is 5.82 Å². The summed E-state index contributed by atoms with van der Waals surface area (Å²) in [5.74, 6) is 0.683. The number of amides is 1. The predicted octanol–water partition coefficient (Wildman–Crippen LogP) is -0.0138. The Hall–Kier alpha value is -2.38. The van der Waals surface area contributed by atoms with Crippen molar-refractivity contribution in [3.05, 3.63) is 22.8 Å². The van der Waals surface area contributed by atoms with E-state index in [0.717, 1.165) is 17.0 Å². The van der Waals surface area contributed by atoms with Gasteiger partial charge in [0.15, 0.2) is 0 Å². The average Bonchev–Trinajstić information content (AvgIpc) is 2.91. The zero-order chi connectivity index (χ0) is 14.7. The van der Waals surface area contributed by atoms with Crippen LogP contribution in [0.1, 0.15) is 29.2 Å². The van der Waals surface area contributed by atoms with Crippen LogP contribution in [0, 0.1) is 13.8 Å². The molecule has 2 heterocycles. The van der Waals surface area contributed by atoms with E-state index in [4.69, 9.17) is 5.73 Å². The van der Waals surface area contributed by atoms with Crippen molar-refractivity contribution in [3.63, 3.8) is 0 Å². The number of nitrogen functional groups attached to an aromatic ring is 1. The first kappa shape index (κ1) is 14.0. The summed E-state index contributed by atoms with van der Waals surface area (Å²) in [6.07, 6.45) is 1.09. The molecule has 0 fully saturated rings. The van der Waals surface area contributed by atoms with E-state index in [1.165, 1.54) is 0 Å². The van der Waals surface area contributed by atoms with Crippen molar-refractivity contribution in [3.8, 4) is 0 Å². The molecule has 0 saturated heterocycles. The highest BCUT2D eigenvalue weighted by Crippen LogP contribution is 2.13. The molecule has 2 rings (SSSR count). The van der Waals surface area contributed by atoms with Crippen LogP contribution in [0.15, 0.2) is 0 Å². The van der Waals surface area contributed by atoms with E-state index < -0.39 is 0 Å². The molecule has 0 bridgehead atoms. The molecule has 20 heavy (non-hydrogen) atoms. The van der Waals surface area contributed by atoms with Gasteiger partial charge in [-0.05, 0) is 25.8 Å².